The Morgan fingerprint density at radius 3 is 2.34 bits per heavy atom. The second-order valence-corrected chi connectivity index (χ2v) is 11.0. The summed E-state index contributed by atoms with van der Waals surface area (Å²) in [5.41, 5.74) is 0. The Kier molecular flexibility index (Phi) is 9.05. The van der Waals surface area contributed by atoms with Gasteiger partial charge < -0.3 is 20.1 Å². The molecular formula is C21H19F4N3O8S2. The average molecular weight is 582 g/mol. The van der Waals surface area contributed by atoms with Crippen molar-refractivity contribution >= 4 is 44.9 Å². The number of aliphatic carboxylic acids is 1. The SMILES string of the molecule is O=C(O)C[C@H](NC(=O)CN1CCN(S(=O)(=O)c2cccs2)CC1=O)C(=O)COc1c(F)c(F)cc(F)c1F. The first-order valence-electron chi connectivity index (χ1n) is 10.6. The molecule has 2 aromatic rings. The molecule has 2 heterocycles. The maximum absolute atomic E-state index is 13.7. The number of carboxylic acids is 1. The zero-order chi connectivity index (χ0) is 28.2. The van der Waals surface area contributed by atoms with Crippen LogP contribution in [0.4, 0.5) is 17.6 Å². The smallest absolute Gasteiger partial charge is 0.305 e. The number of benzene rings is 1. The predicted octanol–water partition coefficient (Wildman–Crippen LogP) is 0.745. The summed E-state index contributed by atoms with van der Waals surface area (Å²) in [6.07, 6.45) is -0.989. The van der Waals surface area contributed by atoms with E-state index in [0.717, 1.165) is 20.5 Å². The summed E-state index contributed by atoms with van der Waals surface area (Å²) in [6, 6.07) is 1.04. The van der Waals surface area contributed by atoms with Gasteiger partial charge in [0.1, 0.15) is 16.9 Å². The van der Waals surface area contributed by atoms with Crippen molar-refractivity contribution < 1.29 is 55.0 Å². The van der Waals surface area contributed by atoms with Crippen LogP contribution in [0, 0.1) is 23.3 Å². The number of piperazine rings is 1. The zero-order valence-corrected chi connectivity index (χ0v) is 20.8. The molecule has 0 radical (unpaired) electrons. The fourth-order valence-electron chi connectivity index (χ4n) is 3.35. The van der Waals surface area contributed by atoms with Gasteiger partial charge in [0.25, 0.3) is 10.0 Å². The van der Waals surface area contributed by atoms with E-state index in [1.165, 1.54) is 12.1 Å². The van der Waals surface area contributed by atoms with Gasteiger partial charge in [0.15, 0.2) is 23.2 Å². The molecule has 1 aromatic carbocycles. The molecule has 1 saturated heterocycles. The van der Waals surface area contributed by atoms with E-state index in [0.29, 0.717) is 0 Å². The van der Waals surface area contributed by atoms with E-state index in [-0.39, 0.29) is 23.4 Å². The van der Waals surface area contributed by atoms with E-state index in [1.54, 1.807) is 5.38 Å². The number of carbonyl (C=O) groups is 4. The monoisotopic (exact) mass is 581 g/mol. The Morgan fingerprint density at radius 1 is 1.13 bits per heavy atom. The Morgan fingerprint density at radius 2 is 1.79 bits per heavy atom. The van der Waals surface area contributed by atoms with Gasteiger partial charge in [0.2, 0.25) is 23.4 Å². The fourth-order valence-corrected chi connectivity index (χ4v) is 5.88. The third-order valence-electron chi connectivity index (χ3n) is 5.24. The van der Waals surface area contributed by atoms with Gasteiger partial charge in [-0.05, 0) is 11.4 Å². The number of halogens is 4. The highest BCUT2D eigenvalue weighted by Crippen LogP contribution is 2.26. The number of thiophene rings is 1. The van der Waals surface area contributed by atoms with Crippen LogP contribution in [0.1, 0.15) is 6.42 Å². The van der Waals surface area contributed by atoms with Gasteiger partial charge in [-0.3, -0.25) is 19.2 Å². The van der Waals surface area contributed by atoms with Gasteiger partial charge in [0, 0.05) is 19.2 Å². The quantitative estimate of drug-likeness (QED) is 0.292. The Labute approximate surface area is 216 Å². The molecule has 17 heteroatoms. The molecular weight excluding hydrogens is 562 g/mol. The number of nitrogens with zero attached hydrogens (tertiary/aromatic N) is 2. The van der Waals surface area contributed by atoms with E-state index < -0.39 is 94.8 Å². The zero-order valence-electron chi connectivity index (χ0n) is 19.2. The third-order valence-corrected chi connectivity index (χ3v) is 8.46. The molecule has 1 aromatic heterocycles. The number of nitrogens with one attached hydrogen (secondary N) is 1. The molecule has 1 atom stereocenters. The normalized spacial score (nSPS) is 15.3. The largest absolute Gasteiger partial charge is 0.481 e. The molecule has 1 aliphatic heterocycles. The summed E-state index contributed by atoms with van der Waals surface area (Å²) in [5, 5.41) is 12.7. The first kappa shape index (κ1) is 29.0. The maximum Gasteiger partial charge on any atom is 0.305 e. The minimum absolute atomic E-state index is 0.0366. The summed E-state index contributed by atoms with van der Waals surface area (Å²) in [4.78, 5) is 49.5. The van der Waals surface area contributed by atoms with Crippen LogP contribution in [-0.2, 0) is 29.2 Å². The lowest BCUT2D eigenvalue weighted by Gasteiger charge is -2.33. The van der Waals surface area contributed by atoms with Crippen molar-refractivity contribution in [2.75, 3.05) is 32.8 Å². The lowest BCUT2D eigenvalue weighted by Crippen LogP contribution is -2.55. The molecule has 0 saturated carbocycles. The fraction of sp³-hybridized carbons (Fsp3) is 0.333. The number of carboxylic acid groups (broad SMARTS) is 1. The molecule has 0 unspecified atom stereocenters. The van der Waals surface area contributed by atoms with Gasteiger partial charge in [-0.15, -0.1) is 11.3 Å². The number of amides is 2. The summed E-state index contributed by atoms with van der Waals surface area (Å²) >= 11 is 0.968. The van der Waals surface area contributed by atoms with Gasteiger partial charge in [0.05, 0.1) is 19.5 Å². The number of rotatable bonds is 11. The highest BCUT2D eigenvalue weighted by molar-refractivity contribution is 7.91. The van der Waals surface area contributed by atoms with Crippen LogP contribution in [-0.4, -0.2) is 85.1 Å². The maximum atomic E-state index is 13.7. The Hall–Kier alpha value is -3.57. The highest BCUT2D eigenvalue weighted by atomic mass is 32.2. The molecule has 206 valence electrons. The Bertz CT molecular complexity index is 1330. The van der Waals surface area contributed by atoms with Crippen LogP contribution in [0.2, 0.25) is 0 Å². The number of hydrogen-bond acceptors (Lipinski definition) is 8. The Balaban J connectivity index is 1.61. The average Bonchev–Trinajstić information content (AvgIpc) is 3.39. The number of sulfonamides is 1. The van der Waals surface area contributed by atoms with Crippen molar-refractivity contribution in [3.8, 4) is 5.75 Å². The summed E-state index contributed by atoms with van der Waals surface area (Å²) in [5.74, 6) is -13.5. The van der Waals surface area contributed by atoms with E-state index in [9.17, 15) is 45.2 Å². The van der Waals surface area contributed by atoms with Gasteiger partial charge in [-0.1, -0.05) is 6.07 Å². The van der Waals surface area contributed by atoms with Crippen molar-refractivity contribution in [3.63, 3.8) is 0 Å². The number of ketones is 1. The molecule has 2 amide bonds. The standard InChI is InChI=1S/C21H19F4N3O8S2/c22-11-6-12(23)20(25)21(19(11)24)36-10-14(29)13(7-17(32)33)26-15(30)8-27-3-4-28(9-16(27)31)38(34,35)18-2-1-5-37-18/h1-2,5-6,13H,3-4,7-10H2,(H,26,30)(H,32,33)/t13-/m0/s1. The van der Waals surface area contributed by atoms with Crippen LogP contribution in [0.15, 0.2) is 27.8 Å². The van der Waals surface area contributed by atoms with Crippen LogP contribution in [0.25, 0.3) is 0 Å². The van der Waals surface area contributed by atoms with E-state index >= 15 is 0 Å². The molecule has 1 aliphatic rings. The molecule has 2 N–H and O–H groups in total. The van der Waals surface area contributed by atoms with E-state index in [4.69, 9.17) is 5.11 Å². The predicted molar refractivity (Wildman–Crippen MR) is 121 cm³/mol. The topological polar surface area (TPSA) is 150 Å². The van der Waals surface area contributed by atoms with Crippen LogP contribution >= 0.6 is 11.3 Å². The number of carbonyl (C=O) groups excluding carboxylic acids is 3. The first-order valence-corrected chi connectivity index (χ1v) is 12.9. The second kappa shape index (κ2) is 11.9. The van der Waals surface area contributed by atoms with Crippen molar-refractivity contribution in [2.24, 2.45) is 0 Å². The van der Waals surface area contributed by atoms with Crippen molar-refractivity contribution in [3.05, 3.63) is 46.8 Å². The number of hydrogen-bond donors (Lipinski definition) is 2. The van der Waals surface area contributed by atoms with Crippen LogP contribution in [0.5, 0.6) is 5.75 Å². The van der Waals surface area contributed by atoms with E-state index in [2.05, 4.69) is 10.1 Å². The van der Waals surface area contributed by atoms with Crippen LogP contribution < -0.4 is 10.1 Å². The molecule has 11 nitrogen and oxygen atoms in total. The molecule has 3 rings (SSSR count). The minimum Gasteiger partial charge on any atom is -0.481 e. The lowest BCUT2D eigenvalue weighted by atomic mass is 10.1. The number of Topliss-reactive ketones (excluding diaryl/α,β-unsaturated/α-hetero) is 1. The molecule has 1 fully saturated rings. The van der Waals surface area contributed by atoms with Crippen molar-refractivity contribution in [2.45, 2.75) is 16.7 Å². The lowest BCUT2D eigenvalue weighted by molar-refractivity contribution is -0.142. The first-order chi connectivity index (χ1) is 17.8. The third kappa shape index (κ3) is 6.65. The van der Waals surface area contributed by atoms with E-state index in [1.807, 2.05) is 0 Å². The van der Waals surface area contributed by atoms with Gasteiger partial charge in [-0.2, -0.15) is 13.1 Å². The van der Waals surface area contributed by atoms with Gasteiger partial charge in [-0.25, -0.2) is 17.2 Å². The highest BCUT2D eigenvalue weighted by Gasteiger charge is 2.35. The molecule has 38 heavy (non-hydrogen) atoms. The van der Waals surface area contributed by atoms with Crippen molar-refractivity contribution in [1.29, 1.82) is 0 Å². The second-order valence-electron chi connectivity index (χ2n) is 7.86. The van der Waals surface area contributed by atoms with Crippen LogP contribution in [0.3, 0.4) is 0 Å². The van der Waals surface area contributed by atoms with Gasteiger partial charge >= 0.3 is 5.97 Å². The molecule has 0 spiro atoms. The summed E-state index contributed by atoms with van der Waals surface area (Å²) < 4.78 is 84.8. The molecule has 0 bridgehead atoms. The minimum atomic E-state index is -3.91. The summed E-state index contributed by atoms with van der Waals surface area (Å²) in [7, 11) is -3.91. The van der Waals surface area contributed by atoms with Crippen molar-refractivity contribution in [1.82, 2.24) is 14.5 Å². The number of ether oxygens (including phenoxy) is 1. The summed E-state index contributed by atoms with van der Waals surface area (Å²) in [6.45, 7) is -2.78. The molecule has 0 aliphatic carbocycles.